The lowest BCUT2D eigenvalue weighted by atomic mass is 9.98. The first-order valence-electron chi connectivity index (χ1n) is 8.09. The van der Waals surface area contributed by atoms with Crippen molar-refractivity contribution in [3.8, 4) is 11.1 Å². The molecule has 2 aromatic rings. The van der Waals surface area contributed by atoms with Gasteiger partial charge in [0.25, 0.3) is 5.92 Å². The Bertz CT molecular complexity index is 718. The van der Waals surface area contributed by atoms with Crippen LogP contribution in [0.2, 0.25) is 0 Å². The summed E-state index contributed by atoms with van der Waals surface area (Å²) >= 11 is 0. The van der Waals surface area contributed by atoms with Gasteiger partial charge in [-0.15, -0.1) is 0 Å². The Morgan fingerprint density at radius 2 is 1.64 bits per heavy atom. The Balaban J connectivity index is 1.61. The van der Waals surface area contributed by atoms with Gasteiger partial charge in [-0.2, -0.15) is 0 Å². The molecule has 0 heterocycles. The van der Waals surface area contributed by atoms with E-state index in [1.165, 1.54) is 0 Å². The zero-order valence-electron chi connectivity index (χ0n) is 13.5. The third-order valence-corrected chi connectivity index (χ3v) is 4.34. The van der Waals surface area contributed by atoms with E-state index in [4.69, 9.17) is 9.84 Å². The van der Waals surface area contributed by atoms with E-state index in [2.05, 4.69) is 5.32 Å². The van der Waals surface area contributed by atoms with Crippen molar-refractivity contribution in [2.45, 2.75) is 18.3 Å². The number of aliphatic hydroxyl groups is 1. The number of hydrogen-bond acceptors (Lipinski definition) is 3. The Labute approximate surface area is 144 Å². The van der Waals surface area contributed by atoms with Crippen molar-refractivity contribution in [3.63, 3.8) is 0 Å². The zero-order valence-corrected chi connectivity index (χ0v) is 13.5. The lowest BCUT2D eigenvalue weighted by Crippen LogP contribution is -2.32. The number of amides is 1. The summed E-state index contributed by atoms with van der Waals surface area (Å²) in [5.74, 6) is -3.27. The summed E-state index contributed by atoms with van der Waals surface area (Å²) in [6.45, 7) is -1.36. The molecule has 6 heteroatoms. The van der Waals surface area contributed by atoms with E-state index in [0.29, 0.717) is 0 Å². The highest BCUT2D eigenvalue weighted by Crippen LogP contribution is 2.44. The number of alkyl halides is 2. The summed E-state index contributed by atoms with van der Waals surface area (Å²) in [5, 5.41) is 10.8. The summed E-state index contributed by atoms with van der Waals surface area (Å²) < 4.78 is 31.1. The van der Waals surface area contributed by atoms with Gasteiger partial charge in [0, 0.05) is 18.9 Å². The molecule has 1 amide bonds. The SMILES string of the molecule is O=C(NCCC(F)(F)CO)OCC1c2ccccc2-c2ccccc21. The van der Waals surface area contributed by atoms with E-state index in [1.54, 1.807) is 0 Å². The molecule has 0 unspecified atom stereocenters. The van der Waals surface area contributed by atoms with Gasteiger partial charge < -0.3 is 15.2 Å². The number of halogens is 2. The molecule has 0 spiro atoms. The van der Waals surface area contributed by atoms with Crippen molar-refractivity contribution in [3.05, 3.63) is 59.7 Å². The third-order valence-electron chi connectivity index (χ3n) is 4.34. The summed E-state index contributed by atoms with van der Waals surface area (Å²) in [5.41, 5.74) is 4.41. The molecule has 0 radical (unpaired) electrons. The molecule has 0 atom stereocenters. The van der Waals surface area contributed by atoms with E-state index in [1.807, 2.05) is 48.5 Å². The fourth-order valence-electron chi connectivity index (χ4n) is 3.08. The number of nitrogens with one attached hydrogen (secondary N) is 1. The fraction of sp³-hybridized carbons (Fsp3) is 0.316. The first-order valence-corrected chi connectivity index (χ1v) is 8.09. The molecule has 0 aliphatic heterocycles. The molecule has 0 fully saturated rings. The van der Waals surface area contributed by atoms with Crippen LogP contribution in [0.3, 0.4) is 0 Å². The monoisotopic (exact) mass is 347 g/mol. The number of benzene rings is 2. The van der Waals surface area contributed by atoms with Crippen LogP contribution in [0, 0.1) is 0 Å². The zero-order chi connectivity index (χ0) is 17.9. The molecular formula is C19H19F2NO3. The molecule has 4 nitrogen and oxygen atoms in total. The molecule has 132 valence electrons. The molecular weight excluding hydrogens is 328 g/mol. The van der Waals surface area contributed by atoms with Crippen molar-refractivity contribution in [2.24, 2.45) is 0 Å². The molecule has 1 aliphatic rings. The van der Waals surface area contributed by atoms with E-state index < -0.39 is 25.0 Å². The normalized spacial score (nSPS) is 13.2. The first kappa shape index (κ1) is 17.4. The van der Waals surface area contributed by atoms with Crippen LogP contribution < -0.4 is 5.32 Å². The van der Waals surface area contributed by atoms with Crippen molar-refractivity contribution in [1.82, 2.24) is 5.32 Å². The molecule has 25 heavy (non-hydrogen) atoms. The van der Waals surface area contributed by atoms with Crippen LogP contribution in [-0.4, -0.2) is 36.9 Å². The standard InChI is InChI=1S/C19H19F2NO3/c20-19(21,12-23)9-10-22-18(24)25-11-17-15-7-3-1-5-13(15)14-6-2-4-8-16(14)17/h1-8,17,23H,9-12H2,(H,22,24). The van der Waals surface area contributed by atoms with Gasteiger partial charge in [-0.1, -0.05) is 48.5 Å². The quantitative estimate of drug-likeness (QED) is 0.840. The summed E-state index contributed by atoms with van der Waals surface area (Å²) in [4.78, 5) is 11.8. The molecule has 0 aromatic heterocycles. The second kappa shape index (κ2) is 7.19. The van der Waals surface area contributed by atoms with E-state index in [0.717, 1.165) is 22.3 Å². The fourth-order valence-corrected chi connectivity index (χ4v) is 3.08. The second-order valence-corrected chi connectivity index (χ2v) is 6.02. The molecule has 0 saturated heterocycles. The van der Waals surface area contributed by atoms with Crippen LogP contribution in [0.25, 0.3) is 11.1 Å². The van der Waals surface area contributed by atoms with E-state index in [9.17, 15) is 13.6 Å². The molecule has 1 aliphatic carbocycles. The van der Waals surface area contributed by atoms with Gasteiger partial charge in [0.05, 0.1) is 0 Å². The maximum atomic E-state index is 12.9. The number of aliphatic hydroxyl groups excluding tert-OH is 1. The van der Waals surface area contributed by atoms with Crippen molar-refractivity contribution in [1.29, 1.82) is 0 Å². The summed E-state index contributed by atoms with van der Waals surface area (Å²) in [6.07, 6.45) is -1.37. The van der Waals surface area contributed by atoms with Gasteiger partial charge >= 0.3 is 6.09 Å². The first-order chi connectivity index (χ1) is 12.0. The van der Waals surface area contributed by atoms with Gasteiger partial charge in [0.2, 0.25) is 0 Å². The van der Waals surface area contributed by atoms with Crippen LogP contribution >= 0.6 is 0 Å². The Hall–Kier alpha value is -2.47. The molecule has 3 rings (SSSR count). The Kier molecular flexibility index (Phi) is 4.99. The highest BCUT2D eigenvalue weighted by Gasteiger charge is 2.29. The average Bonchev–Trinajstić information content (AvgIpc) is 2.94. The predicted molar refractivity (Wildman–Crippen MR) is 89.7 cm³/mol. The van der Waals surface area contributed by atoms with E-state index >= 15 is 0 Å². The Morgan fingerprint density at radius 1 is 1.08 bits per heavy atom. The molecule has 0 bridgehead atoms. The number of rotatable bonds is 6. The van der Waals surface area contributed by atoms with Crippen LogP contribution in [0.4, 0.5) is 13.6 Å². The average molecular weight is 347 g/mol. The number of ether oxygens (including phenoxy) is 1. The van der Waals surface area contributed by atoms with Crippen molar-refractivity contribution < 1.29 is 23.4 Å². The maximum Gasteiger partial charge on any atom is 0.407 e. The molecule has 2 N–H and O–H groups in total. The highest BCUT2D eigenvalue weighted by molar-refractivity contribution is 5.79. The number of fused-ring (bicyclic) bond motifs is 3. The predicted octanol–water partition coefficient (Wildman–Crippen LogP) is 3.54. The van der Waals surface area contributed by atoms with Crippen molar-refractivity contribution >= 4 is 6.09 Å². The highest BCUT2D eigenvalue weighted by atomic mass is 19.3. The number of carbonyl (C=O) groups excluding carboxylic acids is 1. The summed E-state index contributed by atoms with van der Waals surface area (Å²) in [7, 11) is 0. The second-order valence-electron chi connectivity index (χ2n) is 6.02. The smallest absolute Gasteiger partial charge is 0.407 e. The molecule has 2 aromatic carbocycles. The third kappa shape index (κ3) is 3.79. The minimum absolute atomic E-state index is 0.0722. The molecule has 0 saturated carbocycles. The minimum Gasteiger partial charge on any atom is -0.449 e. The Morgan fingerprint density at radius 3 is 2.20 bits per heavy atom. The maximum absolute atomic E-state index is 12.9. The van der Waals surface area contributed by atoms with Gasteiger partial charge in [0.1, 0.15) is 13.2 Å². The van der Waals surface area contributed by atoms with E-state index in [-0.39, 0.29) is 19.1 Å². The lowest BCUT2D eigenvalue weighted by Gasteiger charge is -2.16. The number of alkyl carbamates (subject to hydrolysis) is 1. The van der Waals surface area contributed by atoms with Crippen LogP contribution in [-0.2, 0) is 4.74 Å². The minimum atomic E-state index is -3.20. The number of carbonyl (C=O) groups is 1. The van der Waals surface area contributed by atoms with Crippen LogP contribution in [0.15, 0.2) is 48.5 Å². The van der Waals surface area contributed by atoms with Gasteiger partial charge in [-0.3, -0.25) is 0 Å². The van der Waals surface area contributed by atoms with Crippen LogP contribution in [0.1, 0.15) is 23.5 Å². The summed E-state index contributed by atoms with van der Waals surface area (Å²) in [6, 6.07) is 15.9. The lowest BCUT2D eigenvalue weighted by molar-refractivity contribution is -0.0552. The van der Waals surface area contributed by atoms with Gasteiger partial charge in [-0.25, -0.2) is 13.6 Å². The van der Waals surface area contributed by atoms with Gasteiger partial charge in [0.15, 0.2) is 0 Å². The topological polar surface area (TPSA) is 58.6 Å². The van der Waals surface area contributed by atoms with Gasteiger partial charge in [-0.05, 0) is 22.3 Å². The largest absolute Gasteiger partial charge is 0.449 e. The van der Waals surface area contributed by atoms with Crippen LogP contribution in [0.5, 0.6) is 0 Å². The van der Waals surface area contributed by atoms with Crippen molar-refractivity contribution in [2.75, 3.05) is 19.8 Å². The number of hydrogen-bond donors (Lipinski definition) is 2.